The molecular formula is C22H27F3N6O6S. The summed E-state index contributed by atoms with van der Waals surface area (Å²) in [6.07, 6.45) is -0.136. The third-order valence-electron chi connectivity index (χ3n) is 5.07. The fraction of sp³-hybridized carbons (Fsp3) is 0.318. The van der Waals surface area contributed by atoms with Crippen LogP contribution in [0, 0.1) is 17.5 Å². The van der Waals surface area contributed by atoms with Gasteiger partial charge < -0.3 is 26.4 Å². The van der Waals surface area contributed by atoms with Crippen LogP contribution in [0.25, 0.3) is 0 Å². The molecule has 2 rings (SSSR count). The van der Waals surface area contributed by atoms with Gasteiger partial charge in [-0.05, 0) is 24.1 Å². The second-order valence-electron chi connectivity index (χ2n) is 8.10. The fourth-order valence-electron chi connectivity index (χ4n) is 3.36. The van der Waals surface area contributed by atoms with Gasteiger partial charge in [-0.2, -0.15) is 8.42 Å². The van der Waals surface area contributed by atoms with Crippen molar-refractivity contribution in [3.05, 3.63) is 59.4 Å². The van der Waals surface area contributed by atoms with Gasteiger partial charge in [-0.15, -0.1) is 0 Å². The van der Waals surface area contributed by atoms with Crippen molar-refractivity contribution in [2.75, 3.05) is 25.0 Å². The number of nitrogens with zero attached hydrogens (tertiary/aromatic N) is 1. The molecular weight excluding hydrogens is 533 g/mol. The quantitative estimate of drug-likeness (QED) is 0.205. The summed E-state index contributed by atoms with van der Waals surface area (Å²) >= 11 is 0. The van der Waals surface area contributed by atoms with Crippen molar-refractivity contribution in [3.63, 3.8) is 0 Å². The van der Waals surface area contributed by atoms with Gasteiger partial charge in [0.15, 0.2) is 11.6 Å². The number of halogens is 3. The van der Waals surface area contributed by atoms with E-state index in [0.29, 0.717) is 17.7 Å². The smallest absolute Gasteiger partial charge is 0.320 e. The Morgan fingerprint density at radius 1 is 1.03 bits per heavy atom. The standard InChI is InChI=1S/C22H27F3N6O6S/c23-14-11-16(24)20(17(25)12-14)30-22(35)29-18(10-13-3-5-15(32)6-4-13)21(34)31(8-1-2-19(26)33)9-7-28-38(27,36)37/h3-6,11-12,18,28,32H,1-2,7-10H2,(H2,26,33)(H2,27,36,37)(H2,29,30,35). The number of primary amides is 1. The van der Waals surface area contributed by atoms with Crippen molar-refractivity contribution in [2.24, 2.45) is 10.9 Å². The van der Waals surface area contributed by atoms with Crippen molar-refractivity contribution in [2.45, 2.75) is 25.3 Å². The molecule has 0 bridgehead atoms. The van der Waals surface area contributed by atoms with Crippen LogP contribution in [0.5, 0.6) is 5.75 Å². The molecule has 12 nitrogen and oxygen atoms in total. The van der Waals surface area contributed by atoms with Gasteiger partial charge in [0.25, 0.3) is 10.2 Å². The molecule has 8 N–H and O–H groups in total. The highest BCUT2D eigenvalue weighted by Gasteiger charge is 2.27. The van der Waals surface area contributed by atoms with E-state index in [1.165, 1.54) is 24.3 Å². The van der Waals surface area contributed by atoms with E-state index in [-0.39, 0.29) is 44.6 Å². The Hall–Kier alpha value is -3.89. The summed E-state index contributed by atoms with van der Waals surface area (Å²) in [6, 6.07) is 3.75. The molecule has 208 valence electrons. The van der Waals surface area contributed by atoms with Crippen LogP contribution in [0.1, 0.15) is 18.4 Å². The average Bonchev–Trinajstić information content (AvgIpc) is 2.80. The van der Waals surface area contributed by atoms with E-state index < -0.39 is 57.2 Å². The van der Waals surface area contributed by atoms with E-state index in [4.69, 9.17) is 10.9 Å². The normalized spacial score (nSPS) is 12.0. The van der Waals surface area contributed by atoms with Crippen molar-refractivity contribution in [3.8, 4) is 5.75 Å². The average molecular weight is 561 g/mol. The fourth-order valence-corrected chi connectivity index (χ4v) is 3.73. The van der Waals surface area contributed by atoms with Gasteiger partial charge in [-0.3, -0.25) is 9.59 Å². The first kappa shape index (κ1) is 30.3. The van der Waals surface area contributed by atoms with Gasteiger partial charge in [-0.25, -0.2) is 27.8 Å². The predicted molar refractivity (Wildman–Crippen MR) is 130 cm³/mol. The van der Waals surface area contributed by atoms with Crippen molar-refractivity contribution >= 4 is 33.7 Å². The molecule has 1 atom stereocenters. The second kappa shape index (κ2) is 13.6. The molecule has 2 aromatic rings. The van der Waals surface area contributed by atoms with Gasteiger partial charge >= 0.3 is 6.03 Å². The zero-order valence-electron chi connectivity index (χ0n) is 19.9. The Labute approximate surface area is 216 Å². The van der Waals surface area contributed by atoms with E-state index >= 15 is 0 Å². The van der Waals surface area contributed by atoms with E-state index in [1.54, 1.807) is 0 Å². The molecule has 2 aromatic carbocycles. The monoisotopic (exact) mass is 560 g/mol. The number of phenols is 1. The SMILES string of the molecule is NC(=O)CCCN(CCNS(N)(=O)=O)C(=O)C(Cc1ccc(O)cc1)NC(=O)Nc1c(F)cc(F)cc1F. The molecule has 16 heteroatoms. The highest BCUT2D eigenvalue weighted by molar-refractivity contribution is 7.87. The first-order valence-electron chi connectivity index (χ1n) is 11.1. The zero-order chi connectivity index (χ0) is 28.5. The van der Waals surface area contributed by atoms with Crippen molar-refractivity contribution < 1.29 is 41.1 Å². The third kappa shape index (κ3) is 10.2. The topological polar surface area (TPSA) is 197 Å². The Morgan fingerprint density at radius 2 is 1.63 bits per heavy atom. The summed E-state index contributed by atoms with van der Waals surface area (Å²) in [7, 11) is -4.08. The van der Waals surface area contributed by atoms with Gasteiger partial charge in [0.1, 0.15) is 23.3 Å². The second-order valence-corrected chi connectivity index (χ2v) is 9.48. The van der Waals surface area contributed by atoms with Gasteiger partial charge in [0.05, 0.1) is 0 Å². The lowest BCUT2D eigenvalue weighted by atomic mass is 10.0. The number of carbonyl (C=O) groups excluding carboxylic acids is 3. The molecule has 0 aliphatic heterocycles. The number of aromatic hydroxyl groups is 1. The zero-order valence-corrected chi connectivity index (χ0v) is 20.7. The molecule has 0 aromatic heterocycles. The molecule has 38 heavy (non-hydrogen) atoms. The van der Waals surface area contributed by atoms with Crippen LogP contribution in [-0.4, -0.2) is 61.9 Å². The maximum Gasteiger partial charge on any atom is 0.320 e. The van der Waals surface area contributed by atoms with E-state index in [2.05, 4.69) is 5.32 Å². The van der Waals surface area contributed by atoms with Crippen LogP contribution >= 0.6 is 0 Å². The minimum atomic E-state index is -4.08. The van der Waals surface area contributed by atoms with Crippen LogP contribution in [0.2, 0.25) is 0 Å². The lowest BCUT2D eigenvalue weighted by Crippen LogP contribution is -2.52. The summed E-state index contributed by atoms with van der Waals surface area (Å²) in [6.45, 7) is -0.583. The number of urea groups is 1. The number of carbonyl (C=O) groups is 3. The summed E-state index contributed by atoms with van der Waals surface area (Å²) in [5.74, 6) is -5.42. The molecule has 0 aliphatic carbocycles. The van der Waals surface area contributed by atoms with Crippen LogP contribution in [0.15, 0.2) is 36.4 Å². The lowest BCUT2D eigenvalue weighted by molar-refractivity contribution is -0.133. The number of rotatable bonds is 13. The molecule has 0 spiro atoms. The number of amides is 4. The molecule has 0 heterocycles. The van der Waals surface area contributed by atoms with Crippen LogP contribution in [0.4, 0.5) is 23.7 Å². The number of hydrogen-bond acceptors (Lipinski definition) is 6. The summed E-state index contributed by atoms with van der Waals surface area (Å²) in [5, 5.41) is 18.6. The molecule has 0 aliphatic rings. The number of benzene rings is 2. The minimum absolute atomic E-state index is 0.0632. The minimum Gasteiger partial charge on any atom is -0.508 e. The first-order chi connectivity index (χ1) is 17.7. The maximum atomic E-state index is 14.0. The Morgan fingerprint density at radius 3 is 2.18 bits per heavy atom. The summed E-state index contributed by atoms with van der Waals surface area (Å²) < 4.78 is 65.6. The van der Waals surface area contributed by atoms with Crippen LogP contribution in [-0.2, 0) is 26.2 Å². The van der Waals surface area contributed by atoms with E-state index in [1.807, 2.05) is 10.0 Å². The number of nitrogens with two attached hydrogens (primary N) is 2. The summed E-state index contributed by atoms with van der Waals surface area (Å²) in [5.41, 5.74) is 4.66. The number of hydrogen-bond donors (Lipinski definition) is 6. The molecule has 0 saturated heterocycles. The van der Waals surface area contributed by atoms with Gasteiger partial charge in [-0.1, -0.05) is 12.1 Å². The number of phenolic OH excluding ortho intramolecular Hbond substituents is 1. The number of nitrogens with one attached hydrogen (secondary N) is 3. The largest absolute Gasteiger partial charge is 0.508 e. The molecule has 1 unspecified atom stereocenters. The van der Waals surface area contributed by atoms with Crippen LogP contribution in [0.3, 0.4) is 0 Å². The number of anilines is 1. The van der Waals surface area contributed by atoms with Gasteiger partial charge in [0.2, 0.25) is 11.8 Å². The lowest BCUT2D eigenvalue weighted by Gasteiger charge is -2.28. The van der Waals surface area contributed by atoms with Gasteiger partial charge in [0, 0.05) is 44.6 Å². The first-order valence-corrected chi connectivity index (χ1v) is 12.6. The maximum absolute atomic E-state index is 14.0. The third-order valence-corrected chi connectivity index (χ3v) is 5.68. The highest BCUT2D eigenvalue weighted by atomic mass is 32.2. The van der Waals surface area contributed by atoms with E-state index in [9.17, 15) is 41.1 Å². The van der Waals surface area contributed by atoms with Crippen LogP contribution < -0.4 is 26.2 Å². The van der Waals surface area contributed by atoms with E-state index in [0.717, 1.165) is 4.90 Å². The molecule has 4 amide bonds. The predicted octanol–water partition coefficient (Wildman–Crippen LogP) is 0.430. The Balaban J connectivity index is 2.28. The highest BCUT2D eigenvalue weighted by Crippen LogP contribution is 2.20. The van der Waals surface area contributed by atoms with Crippen molar-refractivity contribution in [1.82, 2.24) is 14.9 Å². The summed E-state index contributed by atoms with van der Waals surface area (Å²) in [4.78, 5) is 38.3. The molecule has 0 fully saturated rings. The van der Waals surface area contributed by atoms with Crippen molar-refractivity contribution in [1.29, 1.82) is 0 Å². The Kier molecular flexibility index (Phi) is 10.9. The molecule has 0 radical (unpaired) electrons. The Bertz CT molecular complexity index is 1240. The molecule has 0 saturated carbocycles.